The van der Waals surface area contributed by atoms with Gasteiger partial charge in [0.1, 0.15) is 28.2 Å². The maximum absolute atomic E-state index is 13.5. The molecule has 0 bridgehead atoms. The van der Waals surface area contributed by atoms with E-state index in [1.165, 1.54) is 4.57 Å². The molecule has 2 amide bonds. The van der Waals surface area contributed by atoms with Crippen LogP contribution < -0.4 is 31.9 Å². The van der Waals surface area contributed by atoms with Gasteiger partial charge in [0.25, 0.3) is 0 Å². The van der Waals surface area contributed by atoms with Crippen molar-refractivity contribution in [1.29, 1.82) is 0 Å². The number of aromatic hydroxyl groups is 2. The Balaban J connectivity index is 2.15. The van der Waals surface area contributed by atoms with Gasteiger partial charge in [-0.3, -0.25) is 38.3 Å². The number of nitrogens with one attached hydrogen (secondary N) is 2. The molecule has 2 aliphatic heterocycles. The predicted octanol–water partition coefficient (Wildman–Crippen LogP) is 2.13. The number of carbonyl (C=O) groups is 5. The van der Waals surface area contributed by atoms with Gasteiger partial charge in [-0.05, 0) is 81.6 Å². The highest BCUT2D eigenvalue weighted by Gasteiger charge is 2.44. The van der Waals surface area contributed by atoms with Gasteiger partial charge in [-0.2, -0.15) is 0 Å². The lowest BCUT2D eigenvalue weighted by molar-refractivity contribution is -0.155. The van der Waals surface area contributed by atoms with Crippen LogP contribution in [-0.4, -0.2) is 163 Å². The number of aromatic nitrogens is 1. The number of hydrogen-bond donors (Lipinski definition) is 6. The SMILES string of the molecule is CC(C)(C)OC(=O)CCC(CCC(=O)OC(C)(C)C)(CCC(=O)OC(C)(C)C)n1c(O)c(N2CCN(CCC(=O)NCCN)CC2)c(N2CCN(CCC(=O)NCCN)CC2)c1O. The minimum Gasteiger partial charge on any atom is -0.493 e. The lowest BCUT2D eigenvalue weighted by Crippen LogP contribution is -2.49. The molecule has 8 N–H and O–H groups in total. The number of carbonyl (C=O) groups excluding carboxylic acids is 5. The first-order valence-corrected chi connectivity index (χ1v) is 22.6. The fraction of sp³-hybridized carbons (Fsp3) is 0.795. The second-order valence-electron chi connectivity index (χ2n) is 19.6. The average molecular weight is 894 g/mol. The van der Waals surface area contributed by atoms with Crippen LogP contribution in [0.2, 0.25) is 0 Å². The van der Waals surface area contributed by atoms with E-state index in [0.29, 0.717) is 116 Å². The normalized spacial score (nSPS) is 15.9. The van der Waals surface area contributed by atoms with Gasteiger partial charge < -0.3 is 56.3 Å². The zero-order valence-electron chi connectivity index (χ0n) is 39.6. The molecule has 1 aromatic rings. The number of esters is 3. The summed E-state index contributed by atoms with van der Waals surface area (Å²) in [6.07, 6.45) is 0.112. The monoisotopic (exact) mass is 894 g/mol. The number of nitrogens with two attached hydrogens (primary N) is 2. The molecule has 19 nitrogen and oxygen atoms in total. The van der Waals surface area contributed by atoms with Gasteiger partial charge in [-0.1, -0.05) is 0 Å². The van der Waals surface area contributed by atoms with Gasteiger partial charge in [0.05, 0.1) is 5.54 Å². The Kier molecular flexibility index (Phi) is 19.8. The number of hydrogen-bond acceptors (Lipinski definition) is 16. The third-order valence-corrected chi connectivity index (χ3v) is 10.8. The molecule has 0 radical (unpaired) electrons. The van der Waals surface area contributed by atoms with Crippen molar-refractivity contribution in [3.63, 3.8) is 0 Å². The summed E-state index contributed by atoms with van der Waals surface area (Å²) in [6.45, 7) is 22.5. The van der Waals surface area contributed by atoms with Crippen molar-refractivity contribution in [1.82, 2.24) is 25.0 Å². The smallest absolute Gasteiger partial charge is 0.306 e. The lowest BCUT2D eigenvalue weighted by atomic mass is 9.83. The maximum Gasteiger partial charge on any atom is 0.306 e. The van der Waals surface area contributed by atoms with Crippen LogP contribution in [0.4, 0.5) is 11.4 Å². The average Bonchev–Trinajstić information content (AvgIpc) is 3.45. The summed E-state index contributed by atoms with van der Waals surface area (Å²) in [5, 5.41) is 31.0. The van der Waals surface area contributed by atoms with Gasteiger partial charge in [0, 0.05) is 124 Å². The van der Waals surface area contributed by atoms with E-state index in [4.69, 9.17) is 25.7 Å². The Morgan fingerprint density at radius 2 is 0.825 bits per heavy atom. The largest absolute Gasteiger partial charge is 0.493 e. The summed E-state index contributed by atoms with van der Waals surface area (Å²) in [7, 11) is 0. The topological polar surface area (TPSA) is 247 Å². The minimum atomic E-state index is -1.40. The molecule has 0 aliphatic carbocycles. The Morgan fingerprint density at radius 1 is 0.524 bits per heavy atom. The van der Waals surface area contributed by atoms with Crippen molar-refractivity contribution in [2.24, 2.45) is 11.5 Å². The first-order valence-electron chi connectivity index (χ1n) is 22.6. The first-order chi connectivity index (χ1) is 29.4. The number of nitrogens with zero attached hydrogens (tertiary/aromatic N) is 5. The highest BCUT2D eigenvalue weighted by Crippen LogP contribution is 2.54. The quantitative estimate of drug-likeness (QED) is 0.0721. The van der Waals surface area contributed by atoms with Gasteiger partial charge >= 0.3 is 17.9 Å². The summed E-state index contributed by atoms with van der Waals surface area (Å²) in [5.41, 5.74) is 8.09. The van der Waals surface area contributed by atoms with E-state index in [0.717, 1.165) is 0 Å². The molecule has 0 unspecified atom stereocenters. The van der Waals surface area contributed by atoms with Crippen molar-refractivity contribution in [3.8, 4) is 11.8 Å². The van der Waals surface area contributed by atoms with Crippen molar-refractivity contribution in [2.45, 2.75) is 136 Å². The maximum atomic E-state index is 13.5. The standard InChI is InChI=1S/C44H79N9O10/c1-41(2,3)61-34(56)10-15-44(16-11-35(57)62-42(4,5)6,17-12-36(58)63-43(7,8)9)53-39(59)37(51-28-24-49(25-29-51)22-13-32(54)47-20-18-45)38(40(53)60)52-30-26-50(27-31-52)23-14-33(55)48-21-19-46/h59-60H,10-31,45-46H2,1-9H3,(H,47,54)(H,48,55). The third-order valence-electron chi connectivity index (χ3n) is 10.8. The second-order valence-corrected chi connectivity index (χ2v) is 19.6. The van der Waals surface area contributed by atoms with Gasteiger partial charge in [-0.25, -0.2) is 0 Å². The van der Waals surface area contributed by atoms with Crippen molar-refractivity contribution in [3.05, 3.63) is 0 Å². The highest BCUT2D eigenvalue weighted by atomic mass is 16.6. The molecule has 63 heavy (non-hydrogen) atoms. The number of anilines is 2. The van der Waals surface area contributed by atoms with E-state index in [1.807, 2.05) is 9.80 Å². The van der Waals surface area contributed by atoms with Crippen LogP contribution in [0, 0.1) is 0 Å². The Labute approximate surface area is 374 Å². The summed E-state index contributed by atoms with van der Waals surface area (Å²) in [6, 6.07) is 0. The van der Waals surface area contributed by atoms with Crippen LogP contribution in [0.1, 0.15) is 114 Å². The first kappa shape index (κ1) is 53.0. The van der Waals surface area contributed by atoms with Crippen molar-refractivity contribution in [2.75, 3.05) is 101 Å². The molecule has 2 fully saturated rings. The zero-order chi connectivity index (χ0) is 47.2. The van der Waals surface area contributed by atoms with Crippen molar-refractivity contribution >= 4 is 41.1 Å². The number of amides is 2. The summed E-state index contributed by atoms with van der Waals surface area (Å²) >= 11 is 0. The fourth-order valence-electron chi connectivity index (χ4n) is 7.96. The third kappa shape index (κ3) is 17.6. The van der Waals surface area contributed by atoms with E-state index >= 15 is 0 Å². The molecule has 0 atom stereocenters. The van der Waals surface area contributed by atoms with Crippen molar-refractivity contribution < 1.29 is 48.4 Å². The molecule has 0 saturated carbocycles. The molecule has 2 aliphatic rings. The van der Waals surface area contributed by atoms with E-state index in [9.17, 15) is 34.2 Å². The van der Waals surface area contributed by atoms with Crippen LogP contribution in [0.15, 0.2) is 0 Å². The molecule has 2 saturated heterocycles. The zero-order valence-corrected chi connectivity index (χ0v) is 39.6. The van der Waals surface area contributed by atoms with Gasteiger partial charge in [-0.15, -0.1) is 0 Å². The Bertz CT molecular complexity index is 1520. The Hall–Kier alpha value is -4.33. The number of piperazine rings is 2. The fourth-order valence-corrected chi connectivity index (χ4v) is 7.96. The predicted molar refractivity (Wildman–Crippen MR) is 242 cm³/mol. The highest BCUT2D eigenvalue weighted by molar-refractivity contribution is 5.84. The molecule has 19 heteroatoms. The van der Waals surface area contributed by atoms with Crippen LogP contribution in [-0.2, 0) is 43.7 Å². The number of ether oxygens (including phenoxy) is 3. The summed E-state index contributed by atoms with van der Waals surface area (Å²) in [4.78, 5) is 73.5. The van der Waals surface area contributed by atoms with Crippen LogP contribution in [0.3, 0.4) is 0 Å². The number of rotatable bonds is 22. The van der Waals surface area contributed by atoms with E-state index in [2.05, 4.69) is 20.4 Å². The van der Waals surface area contributed by atoms with Gasteiger partial charge in [0.2, 0.25) is 23.6 Å². The van der Waals surface area contributed by atoms with Crippen LogP contribution in [0.25, 0.3) is 0 Å². The molecular weight excluding hydrogens is 815 g/mol. The molecule has 3 rings (SSSR count). The van der Waals surface area contributed by atoms with Crippen LogP contribution in [0.5, 0.6) is 11.8 Å². The second kappa shape index (κ2) is 23.6. The van der Waals surface area contributed by atoms with E-state index < -0.39 is 40.2 Å². The van der Waals surface area contributed by atoms with E-state index in [-0.39, 0.29) is 62.1 Å². The molecule has 1 aromatic heterocycles. The van der Waals surface area contributed by atoms with Gasteiger partial charge in [0.15, 0.2) is 0 Å². The minimum absolute atomic E-state index is 0.0117. The summed E-state index contributed by atoms with van der Waals surface area (Å²) < 4.78 is 18.6. The summed E-state index contributed by atoms with van der Waals surface area (Å²) in [5.74, 6) is -2.26. The lowest BCUT2D eigenvalue weighted by Gasteiger charge is -2.39. The molecule has 360 valence electrons. The molecule has 0 aromatic carbocycles. The molecular formula is C44H79N9O10. The molecule has 3 heterocycles. The molecule has 0 spiro atoms. The van der Waals surface area contributed by atoms with E-state index in [1.54, 1.807) is 62.3 Å². The Morgan fingerprint density at radius 3 is 1.10 bits per heavy atom. The van der Waals surface area contributed by atoms with Crippen LogP contribution >= 0.6 is 0 Å².